The molecule has 2 heterocycles. The number of carboxylic acids is 1. The third kappa shape index (κ3) is 2.89. The molecule has 1 aliphatic carbocycles. The van der Waals surface area contributed by atoms with Crippen molar-refractivity contribution in [2.24, 2.45) is 5.73 Å². The molecular weight excluding hydrogens is 364 g/mol. The van der Waals surface area contributed by atoms with Gasteiger partial charge in [0.05, 0.1) is 22.9 Å². The van der Waals surface area contributed by atoms with Crippen molar-refractivity contribution in [3.05, 3.63) is 78.2 Å². The van der Waals surface area contributed by atoms with Gasteiger partial charge in [-0.05, 0) is 48.6 Å². The maximum Gasteiger partial charge on any atom is 0.373 e. The Morgan fingerprint density at radius 3 is 2.41 bits per heavy atom. The van der Waals surface area contributed by atoms with Crippen molar-refractivity contribution in [1.82, 2.24) is 14.5 Å². The molecule has 0 saturated heterocycles. The number of aromatic nitrogens is 3. The van der Waals surface area contributed by atoms with Crippen LogP contribution in [0.3, 0.4) is 0 Å². The van der Waals surface area contributed by atoms with Crippen molar-refractivity contribution in [2.75, 3.05) is 0 Å². The zero-order valence-electron chi connectivity index (χ0n) is 15.7. The van der Waals surface area contributed by atoms with Crippen LogP contribution >= 0.6 is 0 Å². The molecule has 4 aromatic rings. The number of carboxylic acid groups (broad SMARTS) is 1. The van der Waals surface area contributed by atoms with E-state index in [4.69, 9.17) is 5.73 Å². The van der Waals surface area contributed by atoms with Crippen LogP contribution in [0.4, 0.5) is 0 Å². The van der Waals surface area contributed by atoms with E-state index in [0.29, 0.717) is 5.52 Å². The summed E-state index contributed by atoms with van der Waals surface area (Å²) in [5.41, 5.74) is 11.7. The van der Waals surface area contributed by atoms with Gasteiger partial charge in [0.15, 0.2) is 0 Å². The van der Waals surface area contributed by atoms with Gasteiger partial charge in [0.25, 0.3) is 0 Å². The van der Waals surface area contributed by atoms with Gasteiger partial charge < -0.3 is 15.4 Å². The van der Waals surface area contributed by atoms with E-state index in [-0.39, 0.29) is 11.4 Å². The van der Waals surface area contributed by atoms with Gasteiger partial charge in [-0.15, -0.1) is 0 Å². The Morgan fingerprint density at radius 2 is 1.79 bits per heavy atom. The number of fused-ring (bicyclic) bond motifs is 1. The summed E-state index contributed by atoms with van der Waals surface area (Å²) in [4.78, 5) is 19.6. The van der Waals surface area contributed by atoms with Gasteiger partial charge in [-0.2, -0.15) is 0 Å². The molecule has 2 aromatic carbocycles. The van der Waals surface area contributed by atoms with Crippen molar-refractivity contribution in [2.45, 2.75) is 24.8 Å². The van der Waals surface area contributed by atoms with E-state index in [1.165, 1.54) is 6.42 Å². The highest BCUT2D eigenvalue weighted by molar-refractivity contribution is 5.90. The third-order valence-electron chi connectivity index (χ3n) is 5.76. The molecule has 2 aromatic heterocycles. The number of hydrogen-bond donors (Lipinski definition) is 2. The molecule has 6 nitrogen and oxygen atoms in total. The van der Waals surface area contributed by atoms with Gasteiger partial charge in [0, 0.05) is 11.2 Å². The van der Waals surface area contributed by atoms with E-state index < -0.39 is 5.97 Å². The Balaban J connectivity index is 1.69. The Hall–Kier alpha value is -3.51. The van der Waals surface area contributed by atoms with E-state index in [1.54, 1.807) is 6.20 Å². The lowest BCUT2D eigenvalue weighted by molar-refractivity contribution is 0.0684. The van der Waals surface area contributed by atoms with Gasteiger partial charge in [-0.3, -0.25) is 0 Å². The fourth-order valence-electron chi connectivity index (χ4n) is 3.98. The maximum atomic E-state index is 11.3. The predicted octanol–water partition coefficient (Wildman–Crippen LogP) is 4.12. The van der Waals surface area contributed by atoms with Crippen molar-refractivity contribution in [3.8, 4) is 16.9 Å². The first-order valence-electron chi connectivity index (χ1n) is 9.62. The largest absolute Gasteiger partial charge is 0.475 e. The first-order chi connectivity index (χ1) is 14.0. The highest BCUT2D eigenvalue weighted by Crippen LogP contribution is 2.39. The predicted molar refractivity (Wildman–Crippen MR) is 111 cm³/mol. The first-order valence-corrected chi connectivity index (χ1v) is 9.62. The van der Waals surface area contributed by atoms with Gasteiger partial charge in [0.1, 0.15) is 0 Å². The Kier molecular flexibility index (Phi) is 3.96. The van der Waals surface area contributed by atoms with Crippen molar-refractivity contribution in [1.29, 1.82) is 0 Å². The van der Waals surface area contributed by atoms with Gasteiger partial charge in [-0.25, -0.2) is 14.8 Å². The quantitative estimate of drug-likeness (QED) is 0.552. The summed E-state index contributed by atoms with van der Waals surface area (Å²) < 4.78 is 2.06. The molecule has 0 atom stereocenters. The minimum atomic E-state index is -1.14. The molecule has 0 aliphatic heterocycles. The minimum Gasteiger partial charge on any atom is -0.475 e. The number of hydrogen-bond acceptors (Lipinski definition) is 4. The molecule has 0 bridgehead atoms. The van der Waals surface area contributed by atoms with E-state index >= 15 is 0 Å². The fraction of sp³-hybridized carbons (Fsp3) is 0.174. The Labute approximate surface area is 167 Å². The van der Waals surface area contributed by atoms with Crippen LogP contribution < -0.4 is 5.73 Å². The summed E-state index contributed by atoms with van der Waals surface area (Å²) in [5, 5.41) is 9.25. The number of benzene rings is 2. The molecule has 0 radical (unpaired) electrons. The number of rotatable bonds is 4. The van der Waals surface area contributed by atoms with E-state index in [0.717, 1.165) is 40.9 Å². The fourth-order valence-corrected chi connectivity index (χ4v) is 3.98. The van der Waals surface area contributed by atoms with Crippen molar-refractivity contribution >= 4 is 17.0 Å². The summed E-state index contributed by atoms with van der Waals surface area (Å²) in [7, 11) is 0. The Morgan fingerprint density at radius 1 is 1.07 bits per heavy atom. The summed E-state index contributed by atoms with van der Waals surface area (Å²) in [6, 6.07) is 20.1. The molecule has 144 valence electrons. The molecule has 1 aliphatic rings. The SMILES string of the molecule is NC1(c2ccc(-n3c(-c4ccccc4)cc4nc(C(=O)O)ncc43)cc2)CCC1. The first kappa shape index (κ1) is 17.6. The average molecular weight is 384 g/mol. The molecule has 29 heavy (non-hydrogen) atoms. The smallest absolute Gasteiger partial charge is 0.373 e. The van der Waals surface area contributed by atoms with Crippen LogP contribution in [-0.2, 0) is 5.54 Å². The Bertz CT molecular complexity index is 1210. The summed E-state index contributed by atoms with van der Waals surface area (Å²) in [6.45, 7) is 0. The van der Waals surface area contributed by atoms with Crippen LogP contribution in [0, 0.1) is 0 Å². The zero-order valence-corrected chi connectivity index (χ0v) is 15.7. The van der Waals surface area contributed by atoms with Crippen molar-refractivity contribution < 1.29 is 9.90 Å². The lowest BCUT2D eigenvalue weighted by Gasteiger charge is -2.38. The normalized spacial score (nSPS) is 15.2. The highest BCUT2D eigenvalue weighted by Gasteiger charge is 2.34. The van der Waals surface area contributed by atoms with E-state index in [2.05, 4.69) is 38.8 Å². The molecular formula is C23H20N4O2. The van der Waals surface area contributed by atoms with Gasteiger partial charge in [0.2, 0.25) is 5.82 Å². The van der Waals surface area contributed by atoms with E-state index in [1.807, 2.05) is 36.4 Å². The monoisotopic (exact) mass is 384 g/mol. The minimum absolute atomic E-state index is 0.209. The molecule has 5 rings (SSSR count). The van der Waals surface area contributed by atoms with Gasteiger partial charge >= 0.3 is 5.97 Å². The molecule has 1 fully saturated rings. The van der Waals surface area contributed by atoms with Crippen LogP contribution in [0.15, 0.2) is 66.9 Å². The number of nitrogens with zero attached hydrogens (tertiary/aromatic N) is 3. The molecule has 3 N–H and O–H groups in total. The second-order valence-electron chi connectivity index (χ2n) is 7.56. The van der Waals surface area contributed by atoms with Gasteiger partial charge in [-0.1, -0.05) is 42.5 Å². The molecule has 0 unspecified atom stereocenters. The van der Waals surface area contributed by atoms with E-state index in [9.17, 15) is 9.90 Å². The number of nitrogens with two attached hydrogens (primary N) is 1. The molecule has 1 saturated carbocycles. The molecule has 0 spiro atoms. The summed E-state index contributed by atoms with van der Waals surface area (Å²) in [5.74, 6) is -1.35. The standard InChI is InChI=1S/C23H20N4O2/c24-23(11-4-12-23)16-7-9-17(10-8-16)27-19(15-5-2-1-3-6-15)13-18-20(27)14-25-21(26-18)22(28)29/h1-3,5-10,13-14H,4,11-12,24H2,(H,28,29). The zero-order chi connectivity index (χ0) is 20.0. The summed E-state index contributed by atoms with van der Waals surface area (Å²) in [6.07, 6.45) is 4.77. The average Bonchev–Trinajstić information content (AvgIpc) is 3.11. The summed E-state index contributed by atoms with van der Waals surface area (Å²) >= 11 is 0. The number of carbonyl (C=O) groups is 1. The lowest BCUT2D eigenvalue weighted by atomic mass is 9.73. The second-order valence-corrected chi connectivity index (χ2v) is 7.56. The number of aromatic carboxylic acids is 1. The van der Waals surface area contributed by atoms with Crippen LogP contribution in [-0.4, -0.2) is 25.6 Å². The molecule has 6 heteroatoms. The highest BCUT2D eigenvalue weighted by atomic mass is 16.4. The molecule has 0 amide bonds. The lowest BCUT2D eigenvalue weighted by Crippen LogP contribution is -2.43. The van der Waals surface area contributed by atoms with Crippen LogP contribution in [0.2, 0.25) is 0 Å². The van der Waals surface area contributed by atoms with Crippen LogP contribution in [0.5, 0.6) is 0 Å². The second kappa shape index (κ2) is 6.53. The maximum absolute atomic E-state index is 11.3. The topological polar surface area (TPSA) is 94.0 Å². The van der Waals surface area contributed by atoms with Crippen LogP contribution in [0.1, 0.15) is 35.4 Å². The van der Waals surface area contributed by atoms with Crippen LogP contribution in [0.25, 0.3) is 28.0 Å². The third-order valence-corrected chi connectivity index (χ3v) is 5.76. The van der Waals surface area contributed by atoms with Crippen molar-refractivity contribution in [3.63, 3.8) is 0 Å².